The van der Waals surface area contributed by atoms with Gasteiger partial charge in [-0.1, -0.05) is 35.5 Å². The third-order valence-electron chi connectivity index (χ3n) is 4.06. The van der Waals surface area contributed by atoms with Crippen molar-refractivity contribution in [1.29, 1.82) is 0 Å². The lowest BCUT2D eigenvalue weighted by molar-refractivity contribution is 0.404. The summed E-state index contributed by atoms with van der Waals surface area (Å²) < 4.78 is 5.47. The molecule has 1 aliphatic heterocycles. The van der Waals surface area contributed by atoms with Gasteiger partial charge < -0.3 is 9.42 Å². The predicted octanol–water partition coefficient (Wildman–Crippen LogP) is 3.29. The number of anilines is 1. The predicted molar refractivity (Wildman–Crippen MR) is 72.0 cm³/mol. The highest BCUT2D eigenvalue weighted by molar-refractivity contribution is 5.36. The lowest BCUT2D eigenvalue weighted by Gasteiger charge is -2.22. The minimum atomic E-state index is 0.383. The third kappa shape index (κ3) is 2.01. The maximum atomic E-state index is 5.47. The molecule has 2 aliphatic rings. The molecule has 1 aromatic carbocycles. The highest BCUT2D eigenvalue weighted by Gasteiger charge is 2.33. The molecule has 0 spiro atoms. The van der Waals surface area contributed by atoms with Crippen LogP contribution in [0, 0.1) is 0 Å². The van der Waals surface area contributed by atoms with Crippen molar-refractivity contribution in [2.24, 2.45) is 0 Å². The number of hydrogen-bond donors (Lipinski definition) is 0. The molecule has 1 saturated carbocycles. The Labute approximate surface area is 112 Å². The van der Waals surface area contributed by atoms with Crippen molar-refractivity contribution in [3.63, 3.8) is 0 Å². The van der Waals surface area contributed by atoms with Crippen LogP contribution in [0.1, 0.15) is 49.0 Å². The second kappa shape index (κ2) is 4.37. The van der Waals surface area contributed by atoms with Crippen LogP contribution in [-0.2, 0) is 0 Å². The molecule has 4 nitrogen and oxygen atoms in total. The van der Waals surface area contributed by atoms with Crippen molar-refractivity contribution in [2.75, 3.05) is 11.4 Å². The average Bonchev–Trinajstić information content (AvgIpc) is 3.02. The average molecular weight is 255 g/mol. The SMILES string of the molecule is c1ccc(C2CCCN2c2nc(C3CC3)no2)cc1. The van der Waals surface area contributed by atoms with E-state index in [1.165, 1.54) is 24.8 Å². The minimum absolute atomic E-state index is 0.383. The second-order valence-electron chi connectivity index (χ2n) is 5.47. The Morgan fingerprint density at radius 2 is 1.95 bits per heavy atom. The van der Waals surface area contributed by atoms with Crippen LogP contribution in [0.2, 0.25) is 0 Å². The van der Waals surface area contributed by atoms with Gasteiger partial charge in [-0.05, 0) is 31.2 Å². The summed E-state index contributed by atoms with van der Waals surface area (Å²) in [7, 11) is 0. The Bertz CT molecular complexity index is 562. The zero-order chi connectivity index (χ0) is 12.7. The van der Waals surface area contributed by atoms with E-state index in [0.717, 1.165) is 18.8 Å². The molecule has 0 amide bonds. The van der Waals surface area contributed by atoms with Crippen molar-refractivity contribution in [3.8, 4) is 0 Å². The van der Waals surface area contributed by atoms with Gasteiger partial charge in [-0.15, -0.1) is 0 Å². The molecule has 1 aliphatic carbocycles. The molecule has 4 heteroatoms. The van der Waals surface area contributed by atoms with Crippen LogP contribution in [0.25, 0.3) is 0 Å². The van der Waals surface area contributed by atoms with E-state index in [1.54, 1.807) is 0 Å². The molecule has 1 atom stereocenters. The molecule has 0 bridgehead atoms. The van der Waals surface area contributed by atoms with Crippen molar-refractivity contribution in [1.82, 2.24) is 10.1 Å². The van der Waals surface area contributed by atoms with E-state index in [1.807, 2.05) is 0 Å². The smallest absolute Gasteiger partial charge is 0.317 e. The van der Waals surface area contributed by atoms with E-state index in [0.29, 0.717) is 18.0 Å². The molecule has 19 heavy (non-hydrogen) atoms. The van der Waals surface area contributed by atoms with Crippen LogP contribution in [0.3, 0.4) is 0 Å². The number of benzene rings is 1. The molecule has 0 N–H and O–H groups in total. The van der Waals surface area contributed by atoms with Crippen LogP contribution in [0.4, 0.5) is 6.01 Å². The maximum Gasteiger partial charge on any atom is 0.324 e. The Hall–Kier alpha value is -1.84. The molecule has 1 aromatic heterocycles. The summed E-state index contributed by atoms with van der Waals surface area (Å²) >= 11 is 0. The van der Waals surface area contributed by atoms with Gasteiger partial charge in [0.1, 0.15) is 0 Å². The standard InChI is InChI=1S/C15H17N3O/c1-2-5-11(6-3-1)13-7-4-10-18(13)15-16-14(17-19-15)12-8-9-12/h1-3,5-6,12-13H,4,7-10H2. The van der Waals surface area contributed by atoms with Gasteiger partial charge in [-0.25, -0.2) is 0 Å². The van der Waals surface area contributed by atoms with Crippen molar-refractivity contribution in [3.05, 3.63) is 41.7 Å². The molecule has 2 fully saturated rings. The second-order valence-corrected chi connectivity index (χ2v) is 5.47. The first-order chi connectivity index (χ1) is 9.42. The zero-order valence-corrected chi connectivity index (χ0v) is 10.8. The van der Waals surface area contributed by atoms with Crippen LogP contribution >= 0.6 is 0 Å². The Kier molecular flexibility index (Phi) is 2.53. The van der Waals surface area contributed by atoms with Crippen LogP contribution in [0.15, 0.2) is 34.9 Å². The quantitative estimate of drug-likeness (QED) is 0.844. The minimum Gasteiger partial charge on any atom is -0.317 e. The first-order valence-corrected chi connectivity index (χ1v) is 7.07. The van der Waals surface area contributed by atoms with E-state index in [-0.39, 0.29) is 0 Å². The molecule has 4 rings (SSSR count). The fourth-order valence-corrected chi connectivity index (χ4v) is 2.87. The molecule has 1 unspecified atom stereocenters. The summed E-state index contributed by atoms with van der Waals surface area (Å²) in [6, 6.07) is 11.7. The summed E-state index contributed by atoms with van der Waals surface area (Å²) in [4.78, 5) is 6.84. The summed E-state index contributed by atoms with van der Waals surface area (Å²) in [5.74, 6) is 1.45. The van der Waals surface area contributed by atoms with Gasteiger partial charge in [0.15, 0.2) is 5.82 Å². The molecular weight excluding hydrogens is 238 g/mol. The maximum absolute atomic E-state index is 5.47. The van der Waals surface area contributed by atoms with E-state index in [9.17, 15) is 0 Å². The fraction of sp³-hybridized carbons (Fsp3) is 0.467. The van der Waals surface area contributed by atoms with E-state index in [4.69, 9.17) is 4.52 Å². The Morgan fingerprint density at radius 1 is 1.11 bits per heavy atom. The zero-order valence-electron chi connectivity index (χ0n) is 10.8. The molecule has 1 saturated heterocycles. The number of hydrogen-bond acceptors (Lipinski definition) is 4. The number of nitrogens with zero attached hydrogens (tertiary/aromatic N) is 3. The molecule has 2 heterocycles. The Morgan fingerprint density at radius 3 is 2.74 bits per heavy atom. The van der Waals surface area contributed by atoms with Crippen molar-refractivity contribution in [2.45, 2.75) is 37.6 Å². The van der Waals surface area contributed by atoms with Crippen molar-refractivity contribution < 1.29 is 4.52 Å². The van der Waals surface area contributed by atoms with Gasteiger partial charge in [0, 0.05) is 12.5 Å². The van der Waals surface area contributed by atoms with Gasteiger partial charge >= 0.3 is 6.01 Å². The largest absolute Gasteiger partial charge is 0.324 e. The van der Waals surface area contributed by atoms with Gasteiger partial charge in [0.05, 0.1) is 6.04 Å². The van der Waals surface area contributed by atoms with Crippen LogP contribution in [0.5, 0.6) is 0 Å². The van der Waals surface area contributed by atoms with Gasteiger partial charge in [0.2, 0.25) is 0 Å². The number of rotatable bonds is 3. The summed E-state index contributed by atoms with van der Waals surface area (Å²) in [5.41, 5.74) is 1.34. The van der Waals surface area contributed by atoms with Crippen LogP contribution < -0.4 is 4.90 Å². The lowest BCUT2D eigenvalue weighted by Crippen LogP contribution is -2.22. The van der Waals surface area contributed by atoms with E-state index >= 15 is 0 Å². The van der Waals surface area contributed by atoms with Gasteiger partial charge in [-0.3, -0.25) is 0 Å². The molecule has 0 radical (unpaired) electrons. The molecular formula is C15H17N3O. The normalized spacial score (nSPS) is 22.9. The molecule has 98 valence electrons. The summed E-state index contributed by atoms with van der Waals surface area (Å²) in [6.45, 7) is 1.01. The summed E-state index contributed by atoms with van der Waals surface area (Å²) in [5, 5.41) is 4.12. The fourth-order valence-electron chi connectivity index (χ4n) is 2.87. The first kappa shape index (κ1) is 11.0. The Balaban J connectivity index is 1.61. The van der Waals surface area contributed by atoms with Gasteiger partial charge in [-0.2, -0.15) is 4.98 Å². The summed E-state index contributed by atoms with van der Waals surface area (Å²) in [6.07, 6.45) is 4.76. The monoisotopic (exact) mass is 255 g/mol. The van der Waals surface area contributed by atoms with Gasteiger partial charge in [0.25, 0.3) is 0 Å². The first-order valence-electron chi connectivity index (χ1n) is 7.07. The lowest BCUT2D eigenvalue weighted by atomic mass is 10.1. The molecule has 2 aromatic rings. The van der Waals surface area contributed by atoms with Crippen molar-refractivity contribution >= 4 is 6.01 Å². The van der Waals surface area contributed by atoms with E-state index < -0.39 is 0 Å². The number of aromatic nitrogens is 2. The highest BCUT2D eigenvalue weighted by atomic mass is 16.5. The highest BCUT2D eigenvalue weighted by Crippen LogP contribution is 2.40. The van der Waals surface area contributed by atoms with E-state index in [2.05, 4.69) is 45.4 Å². The topological polar surface area (TPSA) is 42.2 Å². The van der Waals surface area contributed by atoms with Crippen LogP contribution in [-0.4, -0.2) is 16.7 Å². The third-order valence-corrected chi connectivity index (χ3v) is 4.06.